The van der Waals surface area contributed by atoms with Crippen molar-refractivity contribution in [1.29, 1.82) is 0 Å². The third-order valence-electron chi connectivity index (χ3n) is 5.21. The number of urea groups is 1. The van der Waals surface area contributed by atoms with E-state index in [1.54, 1.807) is 0 Å². The number of nitrogens with zero attached hydrogens (tertiary/aromatic N) is 2. The number of anilines is 1. The van der Waals surface area contributed by atoms with E-state index in [0.717, 1.165) is 32.5 Å². The Bertz CT molecular complexity index is 522. The van der Waals surface area contributed by atoms with Crippen LogP contribution in [-0.2, 0) is 0 Å². The molecule has 0 unspecified atom stereocenters. The Morgan fingerprint density at radius 2 is 1.78 bits per heavy atom. The van der Waals surface area contributed by atoms with E-state index in [1.807, 2.05) is 4.90 Å². The smallest absolute Gasteiger partial charge is 0.317 e. The van der Waals surface area contributed by atoms with Crippen molar-refractivity contribution in [2.75, 3.05) is 24.5 Å². The molecule has 2 aliphatic rings. The molecular weight excluding hydrogens is 286 g/mol. The highest BCUT2D eigenvalue weighted by molar-refractivity contribution is 5.75. The van der Waals surface area contributed by atoms with E-state index in [9.17, 15) is 4.79 Å². The molecule has 1 aromatic carbocycles. The first-order chi connectivity index (χ1) is 11.1. The molecule has 0 radical (unpaired) electrons. The molecule has 0 spiro atoms. The fraction of sp³-hybridized carbons (Fsp3) is 0.632. The zero-order valence-corrected chi connectivity index (χ0v) is 14.4. The second-order valence-corrected chi connectivity index (χ2v) is 7.11. The monoisotopic (exact) mass is 315 g/mol. The summed E-state index contributed by atoms with van der Waals surface area (Å²) in [5.41, 5.74) is 2.54. The van der Waals surface area contributed by atoms with Crippen LogP contribution in [0.3, 0.4) is 0 Å². The van der Waals surface area contributed by atoms with Crippen molar-refractivity contribution in [3.05, 3.63) is 29.8 Å². The summed E-state index contributed by atoms with van der Waals surface area (Å²) in [5.74, 6) is 0. The second-order valence-electron chi connectivity index (χ2n) is 7.11. The van der Waals surface area contributed by atoms with Gasteiger partial charge < -0.3 is 15.1 Å². The lowest BCUT2D eigenvalue weighted by Gasteiger charge is -2.41. The lowest BCUT2D eigenvalue weighted by atomic mass is 9.96. The molecule has 2 amide bonds. The molecule has 1 aromatic rings. The third kappa shape index (κ3) is 3.98. The zero-order chi connectivity index (χ0) is 16.2. The third-order valence-corrected chi connectivity index (χ3v) is 5.21. The second kappa shape index (κ2) is 7.24. The van der Waals surface area contributed by atoms with Crippen LogP contribution in [0, 0.1) is 6.92 Å². The van der Waals surface area contributed by atoms with Crippen molar-refractivity contribution in [1.82, 2.24) is 10.2 Å². The number of carbonyl (C=O) groups excluding carboxylic acids is 1. The van der Waals surface area contributed by atoms with Crippen molar-refractivity contribution < 1.29 is 4.79 Å². The Morgan fingerprint density at radius 1 is 1.09 bits per heavy atom. The quantitative estimate of drug-likeness (QED) is 0.906. The Morgan fingerprint density at radius 3 is 2.43 bits per heavy atom. The molecule has 1 aliphatic carbocycles. The van der Waals surface area contributed by atoms with E-state index in [1.165, 1.54) is 30.5 Å². The van der Waals surface area contributed by atoms with Crippen LogP contribution in [-0.4, -0.2) is 42.6 Å². The molecule has 2 fully saturated rings. The van der Waals surface area contributed by atoms with Gasteiger partial charge in [-0.05, 0) is 38.8 Å². The predicted molar refractivity (Wildman–Crippen MR) is 95.0 cm³/mol. The van der Waals surface area contributed by atoms with Crippen LogP contribution in [0.1, 0.15) is 44.6 Å². The molecule has 23 heavy (non-hydrogen) atoms. The molecule has 1 N–H and O–H groups in total. The van der Waals surface area contributed by atoms with Crippen molar-refractivity contribution in [3.63, 3.8) is 0 Å². The topological polar surface area (TPSA) is 35.6 Å². The summed E-state index contributed by atoms with van der Waals surface area (Å²) in [6.07, 6.45) is 6.11. The minimum Gasteiger partial charge on any atom is -0.365 e. The Labute approximate surface area is 139 Å². The lowest BCUT2D eigenvalue weighted by molar-refractivity contribution is 0.179. The molecule has 4 heteroatoms. The first kappa shape index (κ1) is 16.2. The van der Waals surface area contributed by atoms with E-state index in [0.29, 0.717) is 12.1 Å². The van der Waals surface area contributed by atoms with Crippen LogP contribution in [0.4, 0.5) is 10.5 Å². The fourth-order valence-electron chi connectivity index (χ4n) is 3.77. The summed E-state index contributed by atoms with van der Waals surface area (Å²) < 4.78 is 0. The lowest BCUT2D eigenvalue weighted by Crippen LogP contribution is -2.57. The number of hydrogen-bond acceptors (Lipinski definition) is 2. The first-order valence-corrected chi connectivity index (χ1v) is 9.02. The molecule has 1 aliphatic heterocycles. The number of aryl methyl sites for hydroxylation is 1. The summed E-state index contributed by atoms with van der Waals surface area (Å²) in [6.45, 7) is 6.83. The van der Waals surface area contributed by atoms with Crippen molar-refractivity contribution in [2.24, 2.45) is 0 Å². The van der Waals surface area contributed by atoms with Gasteiger partial charge in [0.15, 0.2) is 0 Å². The molecule has 4 nitrogen and oxygen atoms in total. The molecule has 126 valence electrons. The van der Waals surface area contributed by atoms with Gasteiger partial charge in [0.2, 0.25) is 0 Å². The number of rotatable bonds is 2. The van der Waals surface area contributed by atoms with Gasteiger partial charge in [-0.25, -0.2) is 4.79 Å². The van der Waals surface area contributed by atoms with Crippen molar-refractivity contribution in [2.45, 2.75) is 58.0 Å². The number of piperazine rings is 1. The van der Waals surface area contributed by atoms with Crippen molar-refractivity contribution >= 4 is 11.7 Å². The van der Waals surface area contributed by atoms with Gasteiger partial charge in [0.25, 0.3) is 0 Å². The maximum atomic E-state index is 12.5. The van der Waals surface area contributed by atoms with Gasteiger partial charge in [0.05, 0.1) is 0 Å². The van der Waals surface area contributed by atoms with Gasteiger partial charge in [-0.1, -0.05) is 37.0 Å². The first-order valence-electron chi connectivity index (χ1n) is 9.02. The Hall–Kier alpha value is -1.71. The highest BCUT2D eigenvalue weighted by Gasteiger charge is 2.28. The zero-order valence-electron chi connectivity index (χ0n) is 14.4. The Kier molecular flexibility index (Phi) is 5.09. The minimum atomic E-state index is 0.132. The summed E-state index contributed by atoms with van der Waals surface area (Å²) in [5, 5.41) is 3.24. The molecule has 3 rings (SSSR count). The largest absolute Gasteiger partial charge is 0.365 e. The minimum absolute atomic E-state index is 0.132. The number of amides is 2. The highest BCUT2D eigenvalue weighted by atomic mass is 16.2. The van der Waals surface area contributed by atoms with Gasteiger partial charge in [-0.2, -0.15) is 0 Å². The molecule has 1 saturated heterocycles. The Balaban J connectivity index is 1.55. The van der Waals surface area contributed by atoms with Crippen LogP contribution in [0.5, 0.6) is 0 Å². The number of hydrogen-bond donors (Lipinski definition) is 1. The van der Waals surface area contributed by atoms with E-state index in [2.05, 4.69) is 48.3 Å². The number of nitrogens with one attached hydrogen (secondary N) is 1. The van der Waals surface area contributed by atoms with Gasteiger partial charge >= 0.3 is 6.03 Å². The molecule has 0 bridgehead atoms. The average Bonchev–Trinajstić information content (AvgIpc) is 2.57. The average molecular weight is 315 g/mol. The van der Waals surface area contributed by atoms with E-state index < -0.39 is 0 Å². The maximum Gasteiger partial charge on any atom is 0.317 e. The van der Waals surface area contributed by atoms with Crippen molar-refractivity contribution in [3.8, 4) is 0 Å². The SMILES string of the molecule is Cc1ccc(N2CCN(C(=O)NC3CCCCC3)C[C@@H]2C)cc1. The molecule has 1 heterocycles. The molecule has 0 aromatic heterocycles. The van der Waals surface area contributed by atoms with Crippen LogP contribution in [0.15, 0.2) is 24.3 Å². The molecular formula is C19H29N3O. The molecule has 1 atom stereocenters. The summed E-state index contributed by atoms with van der Waals surface area (Å²) in [6, 6.07) is 9.55. The summed E-state index contributed by atoms with van der Waals surface area (Å²) >= 11 is 0. The molecule has 1 saturated carbocycles. The van der Waals surface area contributed by atoms with Crippen LogP contribution in [0.2, 0.25) is 0 Å². The van der Waals surface area contributed by atoms with Gasteiger partial charge in [0.1, 0.15) is 0 Å². The normalized spacial score (nSPS) is 23.0. The number of carbonyl (C=O) groups is 1. The number of benzene rings is 1. The van der Waals surface area contributed by atoms with Crippen LogP contribution >= 0.6 is 0 Å². The van der Waals surface area contributed by atoms with Crippen LogP contribution < -0.4 is 10.2 Å². The van der Waals surface area contributed by atoms with Crippen LogP contribution in [0.25, 0.3) is 0 Å². The predicted octanol–water partition coefficient (Wildman–Crippen LogP) is 3.55. The maximum absolute atomic E-state index is 12.5. The highest BCUT2D eigenvalue weighted by Crippen LogP contribution is 2.22. The summed E-state index contributed by atoms with van der Waals surface area (Å²) in [7, 11) is 0. The van der Waals surface area contributed by atoms with Gasteiger partial charge in [-0.3, -0.25) is 0 Å². The standard InChI is InChI=1S/C19H29N3O/c1-15-8-10-18(11-9-15)22-13-12-21(14-16(22)2)19(23)20-17-6-4-3-5-7-17/h8-11,16-17H,3-7,12-14H2,1-2H3,(H,20,23)/t16-/m0/s1. The van der Waals surface area contributed by atoms with E-state index in [4.69, 9.17) is 0 Å². The van der Waals surface area contributed by atoms with Gasteiger partial charge in [0, 0.05) is 37.4 Å². The van der Waals surface area contributed by atoms with E-state index in [-0.39, 0.29) is 6.03 Å². The summed E-state index contributed by atoms with van der Waals surface area (Å²) in [4.78, 5) is 16.9. The fourth-order valence-corrected chi connectivity index (χ4v) is 3.77. The van der Waals surface area contributed by atoms with Gasteiger partial charge in [-0.15, -0.1) is 0 Å². The van der Waals surface area contributed by atoms with E-state index >= 15 is 0 Å².